The summed E-state index contributed by atoms with van der Waals surface area (Å²) in [4.78, 5) is 34.9. The second-order valence-electron chi connectivity index (χ2n) is 8.13. The highest BCUT2D eigenvalue weighted by molar-refractivity contribution is 7.58. The molecule has 0 aliphatic rings. The van der Waals surface area contributed by atoms with Gasteiger partial charge in [0, 0.05) is 24.4 Å². The SMILES string of the molecule is CCCC(F)OC(=O)Nc1cccc(C(CP(=O)(O)CCCCc2ccccc2)C(=O)OC)c1. The van der Waals surface area contributed by atoms with E-state index in [1.54, 1.807) is 25.1 Å². The van der Waals surface area contributed by atoms with Crippen LogP contribution in [0.3, 0.4) is 0 Å². The molecule has 0 saturated carbocycles. The molecule has 0 bridgehead atoms. The number of hydrogen-bond donors (Lipinski definition) is 2. The monoisotopic (exact) mass is 493 g/mol. The summed E-state index contributed by atoms with van der Waals surface area (Å²) in [5.74, 6) is -1.63. The molecular weight excluding hydrogens is 460 g/mol. The minimum Gasteiger partial charge on any atom is -0.469 e. The van der Waals surface area contributed by atoms with E-state index in [1.165, 1.54) is 18.7 Å². The molecule has 186 valence electrons. The van der Waals surface area contributed by atoms with Crippen LogP contribution in [-0.2, 0) is 25.3 Å². The van der Waals surface area contributed by atoms with Gasteiger partial charge in [-0.3, -0.25) is 14.7 Å². The summed E-state index contributed by atoms with van der Waals surface area (Å²) in [6.07, 6.45) is -0.124. The summed E-state index contributed by atoms with van der Waals surface area (Å²) >= 11 is 0. The smallest absolute Gasteiger partial charge is 0.414 e. The molecule has 3 atom stereocenters. The van der Waals surface area contributed by atoms with E-state index >= 15 is 0 Å². The average Bonchev–Trinajstić information content (AvgIpc) is 2.81. The Labute approximate surface area is 200 Å². The number of carbonyl (C=O) groups excluding carboxylic acids is 2. The fraction of sp³-hybridized carbons (Fsp3) is 0.440. The number of anilines is 1. The van der Waals surface area contributed by atoms with Crippen molar-refractivity contribution in [2.75, 3.05) is 24.8 Å². The number of benzene rings is 2. The van der Waals surface area contributed by atoms with Crippen LogP contribution in [-0.4, -0.2) is 42.7 Å². The van der Waals surface area contributed by atoms with Gasteiger partial charge in [0.05, 0.1) is 13.0 Å². The van der Waals surface area contributed by atoms with Crippen LogP contribution in [0.5, 0.6) is 0 Å². The molecule has 0 fully saturated rings. The first-order chi connectivity index (χ1) is 16.2. The standard InChI is InChI=1S/C25H33FNO6P/c1-3-10-23(26)33-25(29)27-21-15-9-14-20(17-21)22(24(28)32-2)18-34(30,31)16-8-7-13-19-11-5-4-6-12-19/h4-6,9,11-12,14-15,17,22-23H,3,7-8,10,13,16,18H2,1-2H3,(H,27,29)(H,30,31). The maximum absolute atomic E-state index is 13.5. The van der Waals surface area contributed by atoms with E-state index in [0.29, 0.717) is 18.4 Å². The van der Waals surface area contributed by atoms with Crippen molar-refractivity contribution in [1.29, 1.82) is 0 Å². The first kappa shape index (κ1) is 27.5. The van der Waals surface area contributed by atoms with Gasteiger partial charge in [-0.1, -0.05) is 49.4 Å². The first-order valence-electron chi connectivity index (χ1n) is 11.4. The van der Waals surface area contributed by atoms with Crippen LogP contribution < -0.4 is 5.32 Å². The quantitative estimate of drug-likeness (QED) is 0.205. The predicted octanol–water partition coefficient (Wildman–Crippen LogP) is 5.88. The van der Waals surface area contributed by atoms with Crippen LogP contribution in [0.2, 0.25) is 0 Å². The second-order valence-corrected chi connectivity index (χ2v) is 10.6. The highest BCUT2D eigenvalue weighted by Gasteiger charge is 2.31. The molecule has 7 nitrogen and oxygen atoms in total. The van der Waals surface area contributed by atoms with Crippen molar-refractivity contribution in [3.05, 3.63) is 65.7 Å². The highest BCUT2D eigenvalue weighted by atomic mass is 31.2. The molecule has 2 rings (SSSR count). The van der Waals surface area contributed by atoms with Crippen molar-refractivity contribution in [2.24, 2.45) is 0 Å². The minimum absolute atomic E-state index is 0.0902. The zero-order chi connectivity index (χ0) is 25.0. The molecule has 0 spiro atoms. The molecule has 2 aromatic carbocycles. The number of halogens is 1. The Morgan fingerprint density at radius 3 is 2.53 bits per heavy atom. The van der Waals surface area contributed by atoms with Gasteiger partial charge in [0.2, 0.25) is 13.7 Å². The van der Waals surface area contributed by atoms with Gasteiger partial charge >= 0.3 is 12.1 Å². The number of alkyl halides is 1. The Bertz CT molecular complexity index is 971. The topological polar surface area (TPSA) is 102 Å². The lowest BCUT2D eigenvalue weighted by atomic mass is 10.0. The molecule has 3 unspecified atom stereocenters. The third kappa shape index (κ3) is 9.65. The lowest BCUT2D eigenvalue weighted by Crippen LogP contribution is -2.21. The third-order valence-electron chi connectivity index (χ3n) is 5.31. The molecule has 0 radical (unpaired) electrons. The average molecular weight is 494 g/mol. The van der Waals surface area contributed by atoms with Crippen LogP contribution in [0, 0.1) is 0 Å². The molecule has 0 aliphatic carbocycles. The molecule has 2 aromatic rings. The van der Waals surface area contributed by atoms with E-state index in [4.69, 9.17) is 4.74 Å². The van der Waals surface area contributed by atoms with Crippen molar-refractivity contribution in [3.63, 3.8) is 0 Å². The molecule has 2 N–H and O–H groups in total. The number of methoxy groups -OCH3 is 1. The summed E-state index contributed by atoms with van der Waals surface area (Å²) in [6, 6.07) is 16.1. The van der Waals surface area contributed by atoms with Crippen LogP contribution in [0.25, 0.3) is 0 Å². The Hall–Kier alpha value is -2.70. The Morgan fingerprint density at radius 1 is 1.12 bits per heavy atom. The van der Waals surface area contributed by atoms with Crippen molar-refractivity contribution in [1.82, 2.24) is 0 Å². The summed E-state index contributed by atoms with van der Waals surface area (Å²) in [5.41, 5.74) is 1.85. The van der Waals surface area contributed by atoms with E-state index in [0.717, 1.165) is 12.8 Å². The number of hydrogen-bond acceptors (Lipinski definition) is 5. The summed E-state index contributed by atoms with van der Waals surface area (Å²) in [7, 11) is -2.42. The lowest BCUT2D eigenvalue weighted by molar-refractivity contribution is -0.141. The maximum Gasteiger partial charge on any atom is 0.414 e. The van der Waals surface area contributed by atoms with E-state index in [1.807, 2.05) is 30.3 Å². The van der Waals surface area contributed by atoms with Gasteiger partial charge in [0.1, 0.15) is 0 Å². The number of nitrogens with one attached hydrogen (secondary N) is 1. The molecule has 1 amide bonds. The Balaban J connectivity index is 2.01. The highest BCUT2D eigenvalue weighted by Crippen LogP contribution is 2.46. The molecule has 0 aliphatic heterocycles. The van der Waals surface area contributed by atoms with Gasteiger partial charge in [0.25, 0.3) is 0 Å². The zero-order valence-corrected chi connectivity index (χ0v) is 20.5. The van der Waals surface area contributed by atoms with Gasteiger partial charge in [-0.15, -0.1) is 0 Å². The summed E-state index contributed by atoms with van der Waals surface area (Å²) < 4.78 is 35.9. The molecule has 0 saturated heterocycles. The first-order valence-corrected chi connectivity index (χ1v) is 13.4. The van der Waals surface area contributed by atoms with Crippen LogP contribution in [0.4, 0.5) is 14.9 Å². The minimum atomic E-state index is -3.63. The van der Waals surface area contributed by atoms with E-state index < -0.39 is 31.7 Å². The van der Waals surface area contributed by atoms with Crippen molar-refractivity contribution >= 4 is 25.1 Å². The zero-order valence-electron chi connectivity index (χ0n) is 19.6. The fourth-order valence-electron chi connectivity index (χ4n) is 3.55. The maximum atomic E-state index is 13.5. The second kappa shape index (κ2) is 13.9. The van der Waals surface area contributed by atoms with Crippen LogP contribution in [0.15, 0.2) is 54.6 Å². The fourth-order valence-corrected chi connectivity index (χ4v) is 5.38. The Kier molecular flexibility index (Phi) is 11.2. The predicted molar refractivity (Wildman–Crippen MR) is 130 cm³/mol. The lowest BCUT2D eigenvalue weighted by Gasteiger charge is -2.20. The number of rotatable bonds is 13. The summed E-state index contributed by atoms with van der Waals surface area (Å²) in [5, 5.41) is 2.42. The molecule has 9 heteroatoms. The normalized spacial score (nSPS) is 14.5. The molecule has 34 heavy (non-hydrogen) atoms. The number of ether oxygens (including phenoxy) is 2. The number of amides is 1. The van der Waals surface area contributed by atoms with Gasteiger partial charge in [-0.2, -0.15) is 0 Å². The molecule has 0 heterocycles. The summed E-state index contributed by atoms with van der Waals surface area (Å²) in [6.45, 7) is 1.77. The van der Waals surface area contributed by atoms with E-state index in [2.05, 4.69) is 10.1 Å². The number of carbonyl (C=O) groups is 2. The van der Waals surface area contributed by atoms with Crippen molar-refractivity contribution in [3.8, 4) is 0 Å². The molecule has 0 aromatic heterocycles. The van der Waals surface area contributed by atoms with E-state index in [9.17, 15) is 23.4 Å². The van der Waals surface area contributed by atoms with E-state index in [-0.39, 0.29) is 24.4 Å². The van der Waals surface area contributed by atoms with Gasteiger partial charge < -0.3 is 14.4 Å². The number of esters is 1. The number of unbranched alkanes of at least 4 members (excludes halogenated alkanes) is 1. The van der Waals surface area contributed by atoms with Gasteiger partial charge in [-0.05, 0) is 48.9 Å². The molecular formula is C25H33FNO6P. The Morgan fingerprint density at radius 2 is 1.85 bits per heavy atom. The third-order valence-corrected chi connectivity index (χ3v) is 7.26. The van der Waals surface area contributed by atoms with Crippen LogP contribution >= 0.6 is 7.37 Å². The van der Waals surface area contributed by atoms with Crippen molar-refractivity contribution < 1.29 is 32.9 Å². The van der Waals surface area contributed by atoms with Gasteiger partial charge in [-0.25, -0.2) is 9.18 Å². The van der Waals surface area contributed by atoms with Gasteiger partial charge in [0.15, 0.2) is 0 Å². The largest absolute Gasteiger partial charge is 0.469 e. The number of aryl methyl sites for hydroxylation is 1. The van der Waals surface area contributed by atoms with Crippen LogP contribution in [0.1, 0.15) is 49.7 Å². The van der Waals surface area contributed by atoms with Crippen molar-refractivity contribution in [2.45, 2.75) is 51.3 Å².